The summed E-state index contributed by atoms with van der Waals surface area (Å²) in [7, 11) is 0. The number of hydrogen-bond acceptors (Lipinski definition) is 4. The summed E-state index contributed by atoms with van der Waals surface area (Å²) in [6.45, 7) is 2.39. The highest BCUT2D eigenvalue weighted by Gasteiger charge is 2.00. The molecule has 1 aliphatic heterocycles. The maximum atomic E-state index is 8.35. The molecule has 11 heavy (non-hydrogen) atoms. The van der Waals surface area contributed by atoms with Gasteiger partial charge in [-0.1, -0.05) is 0 Å². The van der Waals surface area contributed by atoms with Crippen molar-refractivity contribution < 1.29 is 0 Å². The summed E-state index contributed by atoms with van der Waals surface area (Å²) in [4.78, 5) is 4.16. The number of nitrogens with one attached hydrogen (secondary N) is 1. The molecule has 0 aromatic carbocycles. The fraction of sp³-hybridized carbons (Fsp3) is 0.429. The first kappa shape index (κ1) is 7.76. The molecule has 0 aromatic heterocycles. The minimum atomic E-state index is 0.215. The second-order valence-electron chi connectivity index (χ2n) is 2.26. The van der Waals surface area contributed by atoms with Crippen molar-refractivity contribution >= 4 is 5.71 Å². The van der Waals surface area contributed by atoms with Gasteiger partial charge in [0, 0.05) is 13.1 Å². The Morgan fingerprint density at radius 1 is 1.82 bits per heavy atom. The van der Waals surface area contributed by atoms with Crippen LogP contribution in [0.15, 0.2) is 16.8 Å². The summed E-state index contributed by atoms with van der Waals surface area (Å²) in [6, 6.07) is 1.84. The van der Waals surface area contributed by atoms with Crippen molar-refractivity contribution in [3.05, 3.63) is 11.8 Å². The van der Waals surface area contributed by atoms with Crippen LogP contribution in [0.2, 0.25) is 0 Å². The number of nitrogens with two attached hydrogens (primary N) is 1. The number of nitrogens with zero attached hydrogens (tertiary/aromatic N) is 2. The van der Waals surface area contributed by atoms with E-state index in [1.807, 2.05) is 6.07 Å². The van der Waals surface area contributed by atoms with E-state index in [1.54, 1.807) is 6.08 Å². The Morgan fingerprint density at radius 3 is 3.18 bits per heavy atom. The van der Waals surface area contributed by atoms with E-state index in [2.05, 4.69) is 10.3 Å². The number of nitriles is 1. The van der Waals surface area contributed by atoms with Crippen LogP contribution in [0.25, 0.3) is 0 Å². The van der Waals surface area contributed by atoms with Crippen molar-refractivity contribution in [1.82, 2.24) is 5.32 Å². The Morgan fingerprint density at radius 2 is 2.64 bits per heavy atom. The standard InChI is InChI=1S/C7H10N4/c8-4-6(9)3-7-5-10-1-2-11-7/h3,10H,1-2,5,9H2/b6-3-. The third kappa shape index (κ3) is 2.40. The second-order valence-corrected chi connectivity index (χ2v) is 2.26. The third-order valence-corrected chi connectivity index (χ3v) is 1.36. The highest BCUT2D eigenvalue weighted by atomic mass is 15.0. The molecular weight excluding hydrogens is 140 g/mol. The van der Waals surface area contributed by atoms with Crippen LogP contribution in [-0.4, -0.2) is 25.3 Å². The van der Waals surface area contributed by atoms with Crippen LogP contribution in [0.1, 0.15) is 0 Å². The molecule has 0 atom stereocenters. The molecule has 0 amide bonds. The molecule has 4 nitrogen and oxygen atoms in total. The normalized spacial score (nSPS) is 18.8. The fourth-order valence-electron chi connectivity index (χ4n) is 0.859. The van der Waals surface area contributed by atoms with Gasteiger partial charge < -0.3 is 11.1 Å². The van der Waals surface area contributed by atoms with Crippen molar-refractivity contribution in [3.63, 3.8) is 0 Å². The van der Waals surface area contributed by atoms with E-state index >= 15 is 0 Å². The largest absolute Gasteiger partial charge is 0.390 e. The molecule has 4 heteroatoms. The maximum absolute atomic E-state index is 8.35. The SMILES string of the molecule is N#C/C(N)=C/C1=NCCNC1. The van der Waals surface area contributed by atoms with Crippen LogP contribution in [0.5, 0.6) is 0 Å². The highest BCUT2D eigenvalue weighted by molar-refractivity contribution is 5.97. The molecule has 1 heterocycles. The maximum Gasteiger partial charge on any atom is 0.117 e. The fourth-order valence-corrected chi connectivity index (χ4v) is 0.859. The summed E-state index contributed by atoms with van der Waals surface area (Å²) in [5.41, 5.74) is 6.37. The van der Waals surface area contributed by atoms with E-state index in [1.165, 1.54) is 0 Å². The monoisotopic (exact) mass is 150 g/mol. The molecule has 0 spiro atoms. The molecule has 1 rings (SSSR count). The predicted molar refractivity (Wildman–Crippen MR) is 43.1 cm³/mol. The van der Waals surface area contributed by atoms with Gasteiger partial charge in [0.1, 0.15) is 11.8 Å². The zero-order valence-electron chi connectivity index (χ0n) is 6.17. The van der Waals surface area contributed by atoms with Gasteiger partial charge in [-0.25, -0.2) is 0 Å². The number of allylic oxidation sites excluding steroid dienone is 1. The van der Waals surface area contributed by atoms with Gasteiger partial charge in [0.2, 0.25) is 0 Å². The van der Waals surface area contributed by atoms with E-state index < -0.39 is 0 Å². The van der Waals surface area contributed by atoms with Crippen molar-refractivity contribution in [3.8, 4) is 6.07 Å². The Bertz CT molecular complexity index is 233. The van der Waals surface area contributed by atoms with Crippen molar-refractivity contribution in [2.45, 2.75) is 0 Å². The van der Waals surface area contributed by atoms with Gasteiger partial charge in [-0.3, -0.25) is 4.99 Å². The number of rotatable bonds is 1. The van der Waals surface area contributed by atoms with E-state index in [4.69, 9.17) is 11.0 Å². The topological polar surface area (TPSA) is 74.2 Å². The van der Waals surface area contributed by atoms with Gasteiger partial charge in [-0.15, -0.1) is 0 Å². The summed E-state index contributed by atoms with van der Waals surface area (Å²) in [5.74, 6) is 0. The van der Waals surface area contributed by atoms with E-state index in [9.17, 15) is 0 Å². The smallest absolute Gasteiger partial charge is 0.117 e. The zero-order chi connectivity index (χ0) is 8.10. The zero-order valence-corrected chi connectivity index (χ0v) is 6.17. The Kier molecular flexibility index (Phi) is 2.64. The lowest BCUT2D eigenvalue weighted by molar-refractivity contribution is 0.738. The molecule has 0 saturated carbocycles. The Hall–Kier alpha value is -1.34. The quantitative estimate of drug-likeness (QED) is 0.490. The average molecular weight is 150 g/mol. The second kappa shape index (κ2) is 3.74. The van der Waals surface area contributed by atoms with E-state index in [-0.39, 0.29) is 5.70 Å². The van der Waals surface area contributed by atoms with Crippen molar-refractivity contribution in [2.75, 3.05) is 19.6 Å². The van der Waals surface area contributed by atoms with Crippen molar-refractivity contribution in [2.24, 2.45) is 10.7 Å². The molecule has 1 aliphatic rings. The van der Waals surface area contributed by atoms with Crippen LogP contribution in [-0.2, 0) is 0 Å². The van der Waals surface area contributed by atoms with Gasteiger partial charge in [0.15, 0.2) is 0 Å². The first-order valence-corrected chi connectivity index (χ1v) is 3.44. The van der Waals surface area contributed by atoms with Gasteiger partial charge in [-0.2, -0.15) is 5.26 Å². The average Bonchev–Trinajstić information content (AvgIpc) is 2.06. The molecular formula is C7H10N4. The summed E-state index contributed by atoms with van der Waals surface area (Å²) < 4.78 is 0. The molecule has 0 aromatic rings. The van der Waals surface area contributed by atoms with Crippen molar-refractivity contribution in [1.29, 1.82) is 5.26 Å². The summed E-state index contributed by atoms with van der Waals surface area (Å²) in [5, 5.41) is 11.5. The summed E-state index contributed by atoms with van der Waals surface area (Å²) >= 11 is 0. The van der Waals surface area contributed by atoms with Crippen LogP contribution >= 0.6 is 0 Å². The third-order valence-electron chi connectivity index (χ3n) is 1.36. The molecule has 3 N–H and O–H groups in total. The summed E-state index contributed by atoms with van der Waals surface area (Å²) in [6.07, 6.45) is 1.60. The minimum absolute atomic E-state index is 0.215. The highest BCUT2D eigenvalue weighted by Crippen LogP contribution is 1.89. The molecule has 0 unspecified atom stereocenters. The lowest BCUT2D eigenvalue weighted by Crippen LogP contribution is -2.30. The lowest BCUT2D eigenvalue weighted by atomic mass is 10.2. The molecule has 0 bridgehead atoms. The Labute approximate surface area is 65.4 Å². The molecule has 0 aliphatic carbocycles. The van der Waals surface area contributed by atoms with Gasteiger partial charge in [0.25, 0.3) is 0 Å². The molecule has 0 saturated heterocycles. The number of hydrogen-bond donors (Lipinski definition) is 2. The molecule has 0 fully saturated rings. The van der Waals surface area contributed by atoms with Crippen LogP contribution in [0.3, 0.4) is 0 Å². The van der Waals surface area contributed by atoms with E-state index in [0.717, 1.165) is 18.8 Å². The first-order chi connectivity index (χ1) is 5.33. The minimum Gasteiger partial charge on any atom is -0.390 e. The lowest BCUT2D eigenvalue weighted by Gasteiger charge is -2.09. The van der Waals surface area contributed by atoms with Crippen LogP contribution in [0.4, 0.5) is 0 Å². The first-order valence-electron chi connectivity index (χ1n) is 3.44. The van der Waals surface area contributed by atoms with Crippen LogP contribution in [0, 0.1) is 11.3 Å². The van der Waals surface area contributed by atoms with Gasteiger partial charge >= 0.3 is 0 Å². The van der Waals surface area contributed by atoms with E-state index in [0.29, 0.717) is 6.54 Å². The van der Waals surface area contributed by atoms with Gasteiger partial charge in [-0.05, 0) is 6.08 Å². The predicted octanol–water partition coefficient (Wildman–Crippen LogP) is -0.603. The van der Waals surface area contributed by atoms with Gasteiger partial charge in [0.05, 0.1) is 12.3 Å². The Balaban J connectivity index is 2.62. The molecule has 58 valence electrons. The molecule has 0 radical (unpaired) electrons. The van der Waals surface area contributed by atoms with Crippen LogP contribution < -0.4 is 11.1 Å². The number of aliphatic imine (C=N–C) groups is 1.